The van der Waals surface area contributed by atoms with Gasteiger partial charge in [-0.2, -0.15) is 13.2 Å². The van der Waals surface area contributed by atoms with Crippen LogP contribution in [0.15, 0.2) is 41.7 Å². The summed E-state index contributed by atoms with van der Waals surface area (Å²) >= 11 is 2.98. The fourth-order valence-electron chi connectivity index (χ4n) is 1.43. The van der Waals surface area contributed by atoms with Gasteiger partial charge in [-0.1, -0.05) is 11.8 Å². The van der Waals surface area contributed by atoms with E-state index in [4.69, 9.17) is 0 Å². The van der Waals surface area contributed by atoms with Crippen molar-refractivity contribution < 1.29 is 18.0 Å². The molecule has 1 heterocycles. The fourth-order valence-corrected chi connectivity index (χ4v) is 2.42. The standard InChI is InChI=1S/C13H9F3IN3OS/c14-13(15,16)10-5-6-18-12(20-10)22-7-11(21)19-9-3-1-8(17)2-4-9/h1-6H,7H2,(H,19,21). The predicted molar refractivity (Wildman–Crippen MR) is 85.5 cm³/mol. The van der Waals surface area contributed by atoms with Crippen molar-refractivity contribution in [3.8, 4) is 0 Å². The molecule has 0 saturated carbocycles. The first kappa shape index (κ1) is 17.0. The Balaban J connectivity index is 1.92. The second-order valence-corrected chi connectivity index (χ2v) is 6.25. The van der Waals surface area contributed by atoms with Gasteiger partial charge in [0.05, 0.1) is 5.75 Å². The molecule has 1 N–H and O–H groups in total. The van der Waals surface area contributed by atoms with Crippen molar-refractivity contribution in [2.45, 2.75) is 11.3 Å². The van der Waals surface area contributed by atoms with Gasteiger partial charge in [-0.3, -0.25) is 4.79 Å². The van der Waals surface area contributed by atoms with E-state index in [2.05, 4.69) is 37.9 Å². The largest absolute Gasteiger partial charge is 0.433 e. The summed E-state index contributed by atoms with van der Waals surface area (Å²) in [5.74, 6) is -0.417. The number of thioether (sulfide) groups is 1. The highest BCUT2D eigenvalue weighted by Gasteiger charge is 2.32. The lowest BCUT2D eigenvalue weighted by Gasteiger charge is -2.07. The molecule has 0 unspecified atom stereocenters. The van der Waals surface area contributed by atoms with E-state index in [1.54, 1.807) is 12.1 Å². The smallest absolute Gasteiger partial charge is 0.325 e. The molecule has 4 nitrogen and oxygen atoms in total. The molecule has 0 saturated heterocycles. The molecule has 1 amide bonds. The van der Waals surface area contributed by atoms with Gasteiger partial charge in [0, 0.05) is 15.5 Å². The van der Waals surface area contributed by atoms with Crippen molar-refractivity contribution in [2.24, 2.45) is 0 Å². The summed E-state index contributed by atoms with van der Waals surface area (Å²) in [5, 5.41) is 2.55. The molecule has 0 aliphatic rings. The van der Waals surface area contributed by atoms with Gasteiger partial charge in [0.15, 0.2) is 5.16 Å². The molecule has 1 aromatic carbocycles. The molecule has 2 aromatic rings. The van der Waals surface area contributed by atoms with E-state index in [9.17, 15) is 18.0 Å². The summed E-state index contributed by atoms with van der Waals surface area (Å²) in [6.07, 6.45) is -3.50. The third-order valence-corrected chi connectivity index (χ3v) is 3.96. The molecule has 9 heteroatoms. The quantitative estimate of drug-likeness (QED) is 0.447. The fraction of sp³-hybridized carbons (Fsp3) is 0.154. The van der Waals surface area contributed by atoms with Crippen LogP contribution in [0.25, 0.3) is 0 Å². The van der Waals surface area contributed by atoms with Crippen molar-refractivity contribution in [1.82, 2.24) is 9.97 Å². The Morgan fingerprint density at radius 2 is 1.91 bits per heavy atom. The number of benzene rings is 1. The van der Waals surface area contributed by atoms with Gasteiger partial charge in [0.1, 0.15) is 5.69 Å². The summed E-state index contributed by atoms with van der Waals surface area (Å²) in [5.41, 5.74) is -0.404. The lowest BCUT2D eigenvalue weighted by Crippen LogP contribution is -2.14. The van der Waals surface area contributed by atoms with E-state index < -0.39 is 11.9 Å². The Bertz CT molecular complexity index is 664. The maximum atomic E-state index is 12.5. The molecule has 0 aliphatic heterocycles. The van der Waals surface area contributed by atoms with Crippen molar-refractivity contribution in [1.29, 1.82) is 0 Å². The highest BCUT2D eigenvalue weighted by atomic mass is 127. The number of halogens is 4. The van der Waals surface area contributed by atoms with Crippen LogP contribution >= 0.6 is 34.4 Å². The lowest BCUT2D eigenvalue weighted by molar-refractivity contribution is -0.141. The summed E-state index contributed by atoms with van der Waals surface area (Å²) < 4.78 is 38.6. The van der Waals surface area contributed by atoms with Crippen molar-refractivity contribution >= 4 is 45.9 Å². The second kappa shape index (κ2) is 7.27. The lowest BCUT2D eigenvalue weighted by atomic mass is 10.3. The van der Waals surface area contributed by atoms with Crippen LogP contribution in [-0.2, 0) is 11.0 Å². The minimum Gasteiger partial charge on any atom is -0.325 e. The number of nitrogens with one attached hydrogen (secondary N) is 1. The van der Waals surface area contributed by atoms with Crippen molar-refractivity contribution in [2.75, 3.05) is 11.1 Å². The van der Waals surface area contributed by atoms with Gasteiger partial charge in [0.2, 0.25) is 5.91 Å². The Morgan fingerprint density at radius 3 is 2.55 bits per heavy atom. The van der Waals surface area contributed by atoms with Gasteiger partial charge < -0.3 is 5.32 Å². The van der Waals surface area contributed by atoms with Crippen molar-refractivity contribution in [3.05, 3.63) is 45.8 Å². The van der Waals surface area contributed by atoms with E-state index in [1.807, 2.05) is 12.1 Å². The summed E-state index contributed by atoms with van der Waals surface area (Å²) in [6, 6.07) is 7.93. The van der Waals surface area contributed by atoms with Crippen LogP contribution in [0, 0.1) is 3.57 Å². The molecule has 0 radical (unpaired) electrons. The van der Waals surface area contributed by atoms with Crippen LogP contribution in [0.4, 0.5) is 18.9 Å². The number of anilines is 1. The molecular weight excluding hydrogens is 430 g/mol. The van der Waals surface area contributed by atoms with Gasteiger partial charge in [-0.25, -0.2) is 9.97 Å². The average Bonchev–Trinajstić information content (AvgIpc) is 2.47. The SMILES string of the molecule is O=C(CSc1nccc(C(F)(F)F)n1)Nc1ccc(I)cc1. The number of hydrogen-bond donors (Lipinski definition) is 1. The maximum Gasteiger partial charge on any atom is 0.433 e. The molecule has 0 fully saturated rings. The van der Waals surface area contributed by atoms with Crippen LogP contribution in [0.2, 0.25) is 0 Å². The first-order valence-electron chi connectivity index (χ1n) is 5.93. The normalized spacial score (nSPS) is 11.3. The van der Waals surface area contributed by atoms with Crippen LogP contribution in [0.5, 0.6) is 0 Å². The van der Waals surface area contributed by atoms with Crippen LogP contribution in [0.3, 0.4) is 0 Å². The first-order valence-corrected chi connectivity index (χ1v) is 7.99. The molecule has 0 spiro atoms. The molecule has 116 valence electrons. The number of carbonyl (C=O) groups excluding carboxylic acids is 1. The van der Waals surface area contributed by atoms with Gasteiger partial charge in [0.25, 0.3) is 0 Å². The Morgan fingerprint density at radius 1 is 1.23 bits per heavy atom. The number of alkyl halides is 3. The predicted octanol–water partition coefficient (Wildman–Crippen LogP) is 3.83. The topological polar surface area (TPSA) is 54.9 Å². The summed E-state index contributed by atoms with van der Waals surface area (Å²) in [6.45, 7) is 0. The Labute approximate surface area is 142 Å². The monoisotopic (exact) mass is 439 g/mol. The molecule has 22 heavy (non-hydrogen) atoms. The second-order valence-electron chi connectivity index (χ2n) is 4.07. The van der Waals surface area contributed by atoms with Gasteiger partial charge in [-0.15, -0.1) is 0 Å². The Hall–Kier alpha value is -1.36. The summed E-state index contributed by atoms with van der Waals surface area (Å²) in [7, 11) is 0. The first-order chi connectivity index (χ1) is 10.3. The minimum absolute atomic E-state index is 0.0761. The van der Waals surface area contributed by atoms with Gasteiger partial charge >= 0.3 is 6.18 Å². The van der Waals surface area contributed by atoms with E-state index in [0.717, 1.165) is 27.6 Å². The number of carbonyl (C=O) groups is 1. The van der Waals surface area contributed by atoms with Crippen LogP contribution < -0.4 is 5.32 Å². The molecule has 0 aliphatic carbocycles. The van der Waals surface area contributed by atoms with Gasteiger partial charge in [-0.05, 0) is 52.9 Å². The number of hydrogen-bond acceptors (Lipinski definition) is 4. The van der Waals surface area contributed by atoms with Crippen LogP contribution in [0.1, 0.15) is 5.69 Å². The molecule has 0 atom stereocenters. The van der Waals surface area contributed by atoms with E-state index in [-0.39, 0.29) is 16.8 Å². The average molecular weight is 439 g/mol. The zero-order valence-corrected chi connectivity index (χ0v) is 13.9. The highest BCUT2D eigenvalue weighted by Crippen LogP contribution is 2.28. The van der Waals surface area contributed by atoms with E-state index >= 15 is 0 Å². The maximum absolute atomic E-state index is 12.5. The highest BCUT2D eigenvalue weighted by molar-refractivity contribution is 14.1. The number of amides is 1. The van der Waals surface area contributed by atoms with E-state index in [1.165, 1.54) is 0 Å². The van der Waals surface area contributed by atoms with E-state index in [0.29, 0.717) is 5.69 Å². The minimum atomic E-state index is -4.53. The number of nitrogens with zero attached hydrogens (tertiary/aromatic N) is 2. The zero-order chi connectivity index (χ0) is 16.2. The molecular formula is C13H9F3IN3OS. The molecule has 2 rings (SSSR count). The number of rotatable bonds is 4. The zero-order valence-electron chi connectivity index (χ0n) is 10.9. The third-order valence-electron chi connectivity index (χ3n) is 2.38. The molecule has 1 aromatic heterocycles. The van der Waals surface area contributed by atoms with Crippen LogP contribution in [-0.4, -0.2) is 21.6 Å². The van der Waals surface area contributed by atoms with Crippen molar-refractivity contribution in [3.63, 3.8) is 0 Å². The molecule has 0 bridgehead atoms. The number of aromatic nitrogens is 2. The Kier molecular flexibility index (Phi) is 5.62. The third kappa shape index (κ3) is 5.13. The summed E-state index contributed by atoms with van der Waals surface area (Å²) in [4.78, 5) is 18.8.